The Labute approximate surface area is 240 Å². The number of rotatable bonds is 6. The summed E-state index contributed by atoms with van der Waals surface area (Å²) in [7, 11) is -8.96. The maximum absolute atomic E-state index is 14.5. The molecular formula is C33H28O6S2. The Morgan fingerprint density at radius 2 is 1.24 bits per heavy atom. The summed E-state index contributed by atoms with van der Waals surface area (Å²) < 4.78 is 69.2. The Morgan fingerprint density at radius 3 is 1.93 bits per heavy atom. The Morgan fingerprint density at radius 1 is 0.634 bits per heavy atom. The predicted molar refractivity (Wildman–Crippen MR) is 160 cm³/mol. The van der Waals surface area contributed by atoms with Crippen molar-refractivity contribution < 1.29 is 25.6 Å². The molecule has 5 aromatic carbocycles. The van der Waals surface area contributed by atoms with Gasteiger partial charge in [0.2, 0.25) is 0 Å². The van der Waals surface area contributed by atoms with Crippen LogP contribution in [0.1, 0.15) is 30.4 Å². The molecule has 208 valence electrons. The Hall–Kier alpha value is -3.98. The zero-order chi connectivity index (χ0) is 28.6. The molecule has 6 nitrogen and oxygen atoms in total. The number of fused-ring (bicyclic) bond motifs is 2. The van der Waals surface area contributed by atoms with E-state index in [2.05, 4.69) is 0 Å². The second kappa shape index (κ2) is 10.8. The van der Waals surface area contributed by atoms with E-state index in [0.717, 1.165) is 41.2 Å². The van der Waals surface area contributed by atoms with Gasteiger partial charge in [-0.15, -0.1) is 0 Å². The van der Waals surface area contributed by atoms with Gasteiger partial charge in [0, 0.05) is 16.7 Å². The van der Waals surface area contributed by atoms with Gasteiger partial charge < -0.3 is 4.18 Å². The molecule has 0 unspecified atom stereocenters. The minimum Gasteiger partial charge on any atom is -0.379 e. The second-order valence-electron chi connectivity index (χ2n) is 10.2. The van der Waals surface area contributed by atoms with Crippen molar-refractivity contribution in [1.82, 2.24) is 0 Å². The van der Waals surface area contributed by atoms with Crippen molar-refractivity contribution in [2.24, 2.45) is 0 Å². The number of hydrogen-bond donors (Lipinski definition) is 1. The fourth-order valence-corrected chi connectivity index (χ4v) is 7.95. The van der Waals surface area contributed by atoms with Crippen LogP contribution in [0.4, 0.5) is 0 Å². The average molecular weight is 585 g/mol. The van der Waals surface area contributed by atoms with E-state index in [0.29, 0.717) is 35.1 Å². The third kappa shape index (κ3) is 5.26. The van der Waals surface area contributed by atoms with Crippen LogP contribution in [0.5, 0.6) is 5.75 Å². The molecule has 8 heteroatoms. The topological polar surface area (TPSA) is 97.7 Å². The van der Waals surface area contributed by atoms with E-state index in [1.807, 2.05) is 91.0 Å². The zero-order valence-electron chi connectivity index (χ0n) is 22.2. The maximum Gasteiger partial charge on any atom is 0.340 e. The van der Waals surface area contributed by atoms with Crippen LogP contribution in [0.15, 0.2) is 113 Å². The lowest BCUT2D eigenvalue weighted by atomic mass is 9.93. The molecule has 0 spiro atoms. The van der Waals surface area contributed by atoms with Gasteiger partial charge in [0.25, 0.3) is 10.1 Å². The smallest absolute Gasteiger partial charge is 0.340 e. The van der Waals surface area contributed by atoms with E-state index in [9.17, 15) is 21.4 Å². The molecule has 0 radical (unpaired) electrons. The van der Waals surface area contributed by atoms with Crippen LogP contribution in [-0.4, -0.2) is 21.4 Å². The van der Waals surface area contributed by atoms with Gasteiger partial charge in [-0.25, -0.2) is 0 Å². The van der Waals surface area contributed by atoms with Gasteiger partial charge in [0.15, 0.2) is 0 Å². The largest absolute Gasteiger partial charge is 0.379 e. The van der Waals surface area contributed by atoms with E-state index >= 15 is 0 Å². The summed E-state index contributed by atoms with van der Waals surface area (Å²) in [5, 5.41) is 1.65. The molecule has 41 heavy (non-hydrogen) atoms. The highest BCUT2D eigenvalue weighted by atomic mass is 32.2. The Balaban J connectivity index is 1.63. The minimum atomic E-state index is -4.49. The molecule has 0 fully saturated rings. The monoisotopic (exact) mass is 584 g/mol. The molecule has 0 bridgehead atoms. The van der Waals surface area contributed by atoms with E-state index in [1.54, 1.807) is 0 Å². The minimum absolute atomic E-state index is 0.0369. The van der Waals surface area contributed by atoms with Crippen LogP contribution in [0.25, 0.3) is 33.0 Å². The highest BCUT2D eigenvalue weighted by Gasteiger charge is 2.31. The summed E-state index contributed by atoms with van der Waals surface area (Å²) in [5.74, 6) is 0.0838. The van der Waals surface area contributed by atoms with Crippen molar-refractivity contribution >= 4 is 31.0 Å². The van der Waals surface area contributed by atoms with Crippen LogP contribution in [0, 0.1) is 0 Å². The first-order valence-corrected chi connectivity index (χ1v) is 16.3. The molecular weight excluding hydrogens is 556 g/mol. The SMILES string of the molecule is O=S(=O)(O)c1ccc(OS(=O)(=O)c2c(-c3ccccc3)cc3ccccc3c2-c2ccccc2)c2c1CCCCC2. The van der Waals surface area contributed by atoms with Crippen molar-refractivity contribution in [3.05, 3.63) is 114 Å². The Kier molecular flexibility index (Phi) is 7.15. The highest BCUT2D eigenvalue weighted by molar-refractivity contribution is 7.87. The molecule has 0 aromatic heterocycles. The first kappa shape index (κ1) is 27.2. The fraction of sp³-hybridized carbons (Fsp3) is 0.152. The first-order chi connectivity index (χ1) is 19.7. The summed E-state index contributed by atoms with van der Waals surface area (Å²) in [6, 6.07) is 30.8. The molecule has 0 amide bonds. The van der Waals surface area contributed by atoms with Crippen LogP contribution in [0.2, 0.25) is 0 Å². The van der Waals surface area contributed by atoms with Crippen molar-refractivity contribution in [1.29, 1.82) is 0 Å². The van der Waals surface area contributed by atoms with Gasteiger partial charge in [0.05, 0.1) is 4.90 Å². The average Bonchev–Trinajstić information content (AvgIpc) is 3.23. The van der Waals surface area contributed by atoms with Gasteiger partial charge in [-0.05, 0) is 71.3 Å². The molecule has 6 rings (SSSR count). The summed E-state index contributed by atoms with van der Waals surface area (Å²) in [5.41, 5.74) is 3.40. The third-order valence-corrected chi connectivity index (χ3v) is 9.84. The van der Waals surface area contributed by atoms with Crippen molar-refractivity contribution in [3.8, 4) is 28.0 Å². The molecule has 0 atom stereocenters. The molecule has 0 saturated carbocycles. The highest BCUT2D eigenvalue weighted by Crippen LogP contribution is 2.43. The summed E-state index contributed by atoms with van der Waals surface area (Å²) in [4.78, 5) is -0.158. The lowest BCUT2D eigenvalue weighted by molar-refractivity contribution is 0.479. The van der Waals surface area contributed by atoms with Gasteiger partial charge >= 0.3 is 10.1 Å². The molecule has 0 saturated heterocycles. The number of benzene rings is 5. The molecule has 0 aliphatic heterocycles. The lowest BCUT2D eigenvalue weighted by Gasteiger charge is -2.21. The maximum atomic E-state index is 14.5. The van der Waals surface area contributed by atoms with Gasteiger partial charge in [-0.2, -0.15) is 16.8 Å². The first-order valence-electron chi connectivity index (χ1n) is 13.5. The van der Waals surface area contributed by atoms with E-state index in [4.69, 9.17) is 4.18 Å². The van der Waals surface area contributed by atoms with E-state index < -0.39 is 20.2 Å². The van der Waals surface area contributed by atoms with Crippen LogP contribution >= 0.6 is 0 Å². The van der Waals surface area contributed by atoms with E-state index in [1.165, 1.54) is 12.1 Å². The summed E-state index contributed by atoms with van der Waals surface area (Å²) in [6.45, 7) is 0. The predicted octanol–water partition coefficient (Wildman–Crippen LogP) is 7.46. The standard InChI is InChI=1S/C33H28O6S2/c34-40(35,36)31-21-20-30(27-18-8-3-9-19-28(27)31)39-41(37,38)33-29(23-12-4-1-5-13-23)22-25-16-10-11-17-26(25)32(33)24-14-6-2-7-15-24/h1-2,4-7,10-17,20-22H,3,8-9,18-19H2,(H,34,35,36). The summed E-state index contributed by atoms with van der Waals surface area (Å²) >= 11 is 0. The quantitative estimate of drug-likeness (QED) is 0.126. The second-order valence-corrected chi connectivity index (χ2v) is 13.0. The number of hydrogen-bond acceptors (Lipinski definition) is 5. The van der Waals surface area contributed by atoms with Gasteiger partial charge in [0.1, 0.15) is 10.6 Å². The lowest BCUT2D eigenvalue weighted by Crippen LogP contribution is -2.15. The molecule has 0 heterocycles. The fourth-order valence-electron chi connectivity index (χ4n) is 5.77. The normalized spacial score (nSPS) is 13.9. The molecule has 1 N–H and O–H groups in total. The van der Waals surface area contributed by atoms with Crippen molar-refractivity contribution in [3.63, 3.8) is 0 Å². The molecule has 1 aliphatic rings. The van der Waals surface area contributed by atoms with Gasteiger partial charge in [-0.3, -0.25) is 4.55 Å². The third-order valence-electron chi connectivity index (χ3n) is 7.58. The van der Waals surface area contributed by atoms with Crippen LogP contribution < -0.4 is 4.18 Å². The van der Waals surface area contributed by atoms with Crippen LogP contribution in [0.3, 0.4) is 0 Å². The zero-order valence-corrected chi connectivity index (χ0v) is 23.8. The van der Waals surface area contributed by atoms with Gasteiger partial charge in [-0.1, -0.05) is 91.3 Å². The molecule has 1 aliphatic carbocycles. The van der Waals surface area contributed by atoms with Crippen LogP contribution in [-0.2, 0) is 33.1 Å². The van der Waals surface area contributed by atoms with Crippen molar-refractivity contribution in [2.75, 3.05) is 0 Å². The Bertz CT molecular complexity index is 1970. The van der Waals surface area contributed by atoms with Crippen molar-refractivity contribution in [2.45, 2.75) is 41.9 Å². The molecule has 5 aromatic rings. The summed E-state index contributed by atoms with van der Waals surface area (Å²) in [6.07, 6.45) is 3.18. The van der Waals surface area contributed by atoms with E-state index in [-0.39, 0.29) is 15.5 Å².